The molecule has 0 aromatic heterocycles. The van der Waals surface area contributed by atoms with Crippen LogP contribution in [-0.2, 0) is 6.61 Å². The Bertz CT molecular complexity index is 279. The molecule has 0 aliphatic carbocycles. The molecule has 1 aliphatic rings. The zero-order valence-corrected chi connectivity index (χ0v) is 7.66. The molecule has 0 saturated carbocycles. The van der Waals surface area contributed by atoms with Crippen molar-refractivity contribution < 1.29 is 5.11 Å². The van der Waals surface area contributed by atoms with E-state index < -0.39 is 0 Å². The summed E-state index contributed by atoms with van der Waals surface area (Å²) < 4.78 is 0. The average molecular weight is 177 g/mol. The van der Waals surface area contributed by atoms with Crippen LogP contribution in [0.3, 0.4) is 0 Å². The largest absolute Gasteiger partial charge is 0.392 e. The molecule has 1 saturated heterocycles. The maximum absolute atomic E-state index is 8.99. The molecule has 0 unspecified atom stereocenters. The van der Waals surface area contributed by atoms with Crippen molar-refractivity contribution in [3.05, 3.63) is 35.4 Å². The minimum absolute atomic E-state index is 0.147. The number of benzene rings is 1. The zero-order chi connectivity index (χ0) is 9.10. The van der Waals surface area contributed by atoms with E-state index in [1.54, 1.807) is 0 Å². The molecule has 0 radical (unpaired) electrons. The van der Waals surface area contributed by atoms with Crippen molar-refractivity contribution in [3.8, 4) is 0 Å². The molecule has 1 aromatic rings. The van der Waals surface area contributed by atoms with Crippen molar-refractivity contribution in [2.45, 2.75) is 18.9 Å². The van der Waals surface area contributed by atoms with Crippen molar-refractivity contribution in [2.75, 3.05) is 13.1 Å². The van der Waals surface area contributed by atoms with Gasteiger partial charge in [0.15, 0.2) is 0 Å². The first-order valence-corrected chi connectivity index (χ1v) is 4.80. The third kappa shape index (κ3) is 1.90. The lowest BCUT2D eigenvalue weighted by atomic mass is 9.97. The number of nitrogens with one attached hydrogen (secondary N) is 1. The van der Waals surface area contributed by atoms with Gasteiger partial charge in [0, 0.05) is 6.54 Å². The van der Waals surface area contributed by atoms with E-state index in [0.29, 0.717) is 5.92 Å². The van der Waals surface area contributed by atoms with Gasteiger partial charge in [0.1, 0.15) is 0 Å². The third-order valence-corrected chi connectivity index (χ3v) is 2.67. The van der Waals surface area contributed by atoms with Gasteiger partial charge in [-0.3, -0.25) is 0 Å². The molecule has 0 spiro atoms. The van der Waals surface area contributed by atoms with Crippen LogP contribution in [0.2, 0.25) is 0 Å². The smallest absolute Gasteiger partial charge is 0.0681 e. The second-order valence-electron chi connectivity index (χ2n) is 3.59. The highest BCUT2D eigenvalue weighted by atomic mass is 16.3. The molecule has 2 N–H and O–H groups in total. The van der Waals surface area contributed by atoms with E-state index in [1.807, 2.05) is 12.1 Å². The quantitative estimate of drug-likeness (QED) is 0.712. The fourth-order valence-corrected chi connectivity index (χ4v) is 1.88. The van der Waals surface area contributed by atoms with Crippen LogP contribution < -0.4 is 5.32 Å². The molecule has 0 amide bonds. The fraction of sp³-hybridized carbons (Fsp3) is 0.455. The van der Waals surface area contributed by atoms with Gasteiger partial charge < -0.3 is 10.4 Å². The lowest BCUT2D eigenvalue weighted by molar-refractivity contribution is 0.281. The monoisotopic (exact) mass is 177 g/mol. The maximum Gasteiger partial charge on any atom is 0.0681 e. The summed E-state index contributed by atoms with van der Waals surface area (Å²) in [5.74, 6) is 0.645. The van der Waals surface area contributed by atoms with E-state index in [9.17, 15) is 0 Å². The molecule has 0 bridgehead atoms. The predicted molar refractivity (Wildman–Crippen MR) is 52.6 cm³/mol. The molecule has 13 heavy (non-hydrogen) atoms. The molecule has 2 rings (SSSR count). The molecule has 2 nitrogen and oxygen atoms in total. The summed E-state index contributed by atoms with van der Waals surface area (Å²) in [4.78, 5) is 0. The highest BCUT2D eigenvalue weighted by Crippen LogP contribution is 2.22. The lowest BCUT2D eigenvalue weighted by Crippen LogP contribution is -2.08. The van der Waals surface area contributed by atoms with Crippen molar-refractivity contribution in [2.24, 2.45) is 0 Å². The predicted octanol–water partition coefficient (Wildman–Crippen LogP) is 1.26. The minimum Gasteiger partial charge on any atom is -0.392 e. The molecule has 1 atom stereocenters. The first-order valence-electron chi connectivity index (χ1n) is 4.80. The van der Waals surface area contributed by atoms with E-state index in [-0.39, 0.29) is 6.61 Å². The highest BCUT2D eigenvalue weighted by molar-refractivity contribution is 5.26. The first-order chi connectivity index (χ1) is 6.40. The van der Waals surface area contributed by atoms with E-state index >= 15 is 0 Å². The second-order valence-corrected chi connectivity index (χ2v) is 3.59. The number of hydrogen-bond acceptors (Lipinski definition) is 2. The number of hydrogen-bond donors (Lipinski definition) is 2. The zero-order valence-electron chi connectivity index (χ0n) is 7.66. The number of aliphatic hydroxyl groups excluding tert-OH is 1. The van der Waals surface area contributed by atoms with Crippen LogP contribution in [-0.4, -0.2) is 18.2 Å². The van der Waals surface area contributed by atoms with E-state index in [2.05, 4.69) is 17.4 Å². The van der Waals surface area contributed by atoms with Crippen molar-refractivity contribution >= 4 is 0 Å². The molecular formula is C11H15NO. The Morgan fingerprint density at radius 3 is 3.08 bits per heavy atom. The van der Waals surface area contributed by atoms with Gasteiger partial charge in [-0.05, 0) is 30.0 Å². The summed E-state index contributed by atoms with van der Waals surface area (Å²) in [6.45, 7) is 2.34. The fourth-order valence-electron chi connectivity index (χ4n) is 1.88. The normalized spacial score (nSPS) is 22.1. The summed E-state index contributed by atoms with van der Waals surface area (Å²) in [7, 11) is 0. The van der Waals surface area contributed by atoms with Crippen LogP contribution in [0.4, 0.5) is 0 Å². The van der Waals surface area contributed by atoms with Gasteiger partial charge >= 0.3 is 0 Å². The van der Waals surface area contributed by atoms with E-state index in [0.717, 1.165) is 18.7 Å². The van der Waals surface area contributed by atoms with Crippen LogP contribution >= 0.6 is 0 Å². The summed E-state index contributed by atoms with van der Waals surface area (Å²) in [5, 5.41) is 12.3. The molecule has 1 aromatic carbocycles. The third-order valence-electron chi connectivity index (χ3n) is 2.67. The second kappa shape index (κ2) is 3.90. The van der Waals surface area contributed by atoms with Crippen LogP contribution in [0.25, 0.3) is 0 Å². The molecule has 1 heterocycles. The van der Waals surface area contributed by atoms with E-state index in [4.69, 9.17) is 5.11 Å². The Hall–Kier alpha value is -0.860. The molecule has 1 aliphatic heterocycles. The standard InChI is InChI=1S/C11H15NO/c13-8-9-2-1-3-10(6-9)11-4-5-12-7-11/h1-3,6,11-13H,4-5,7-8H2/t11-/m1/s1. The van der Waals surface area contributed by atoms with Gasteiger partial charge in [0.2, 0.25) is 0 Å². The summed E-state index contributed by atoms with van der Waals surface area (Å²) >= 11 is 0. The van der Waals surface area contributed by atoms with Gasteiger partial charge in [0.05, 0.1) is 6.61 Å². The molecule has 2 heteroatoms. The van der Waals surface area contributed by atoms with Gasteiger partial charge in [-0.25, -0.2) is 0 Å². The van der Waals surface area contributed by atoms with Gasteiger partial charge in [-0.15, -0.1) is 0 Å². The lowest BCUT2D eigenvalue weighted by Gasteiger charge is -2.09. The Kier molecular flexibility index (Phi) is 2.62. The van der Waals surface area contributed by atoms with Gasteiger partial charge in [-0.1, -0.05) is 24.3 Å². The van der Waals surface area contributed by atoms with Crippen LogP contribution in [0.15, 0.2) is 24.3 Å². The summed E-state index contributed by atoms with van der Waals surface area (Å²) in [6.07, 6.45) is 1.22. The van der Waals surface area contributed by atoms with Crippen molar-refractivity contribution in [1.82, 2.24) is 5.32 Å². The Balaban J connectivity index is 2.18. The SMILES string of the molecule is OCc1cccc([C@@H]2CCNC2)c1. The molecular weight excluding hydrogens is 162 g/mol. The Morgan fingerprint density at radius 2 is 2.38 bits per heavy atom. The molecule has 1 fully saturated rings. The van der Waals surface area contributed by atoms with Crippen LogP contribution in [0.1, 0.15) is 23.5 Å². The number of rotatable bonds is 2. The van der Waals surface area contributed by atoms with Crippen molar-refractivity contribution in [3.63, 3.8) is 0 Å². The topological polar surface area (TPSA) is 32.3 Å². The maximum atomic E-state index is 8.99. The van der Waals surface area contributed by atoms with Crippen molar-refractivity contribution in [1.29, 1.82) is 0 Å². The van der Waals surface area contributed by atoms with Crippen LogP contribution in [0.5, 0.6) is 0 Å². The molecule has 70 valence electrons. The Morgan fingerprint density at radius 1 is 1.46 bits per heavy atom. The highest BCUT2D eigenvalue weighted by Gasteiger charge is 2.16. The minimum atomic E-state index is 0.147. The van der Waals surface area contributed by atoms with Gasteiger partial charge in [0.25, 0.3) is 0 Å². The first kappa shape index (κ1) is 8.73. The summed E-state index contributed by atoms with van der Waals surface area (Å²) in [5.41, 5.74) is 2.38. The average Bonchev–Trinajstić information content (AvgIpc) is 2.71. The Labute approximate surface area is 78.6 Å². The van der Waals surface area contributed by atoms with Gasteiger partial charge in [-0.2, -0.15) is 0 Å². The number of aliphatic hydroxyl groups is 1. The van der Waals surface area contributed by atoms with E-state index in [1.165, 1.54) is 12.0 Å². The van der Waals surface area contributed by atoms with Crippen LogP contribution in [0, 0.1) is 0 Å². The summed E-state index contributed by atoms with van der Waals surface area (Å²) in [6, 6.07) is 8.25.